The standard InChI is InChI=1S/C21H17NO5/c1-11(27-21(26)12-6-7-12)20(25)22-13-8-9-16-17(10-13)19(24)15-5-3-2-4-14(15)18(16)23/h2-5,8-12H,6-7H2,1H3,(H,22,25)/t11-/m1/s1. The Balaban J connectivity index is 1.54. The number of esters is 1. The first kappa shape index (κ1) is 17.1. The number of benzene rings is 2. The van der Waals surface area contributed by atoms with E-state index in [1.807, 2.05) is 0 Å². The van der Waals surface area contributed by atoms with Crippen molar-refractivity contribution in [2.24, 2.45) is 5.92 Å². The van der Waals surface area contributed by atoms with E-state index in [2.05, 4.69) is 5.32 Å². The summed E-state index contributed by atoms with van der Waals surface area (Å²) in [5, 5.41) is 2.64. The molecule has 0 spiro atoms. The number of hydrogen-bond donors (Lipinski definition) is 1. The number of nitrogens with one attached hydrogen (secondary N) is 1. The summed E-state index contributed by atoms with van der Waals surface area (Å²) in [6.07, 6.45) is 0.665. The molecule has 0 bridgehead atoms. The molecule has 0 saturated heterocycles. The van der Waals surface area contributed by atoms with Gasteiger partial charge >= 0.3 is 5.97 Å². The minimum atomic E-state index is -0.938. The third-order valence-corrected chi connectivity index (χ3v) is 4.77. The molecule has 0 aliphatic heterocycles. The molecule has 2 aliphatic carbocycles. The van der Waals surface area contributed by atoms with Gasteiger partial charge in [0.25, 0.3) is 5.91 Å². The monoisotopic (exact) mass is 363 g/mol. The average molecular weight is 363 g/mol. The molecule has 1 saturated carbocycles. The number of ketones is 2. The molecule has 27 heavy (non-hydrogen) atoms. The summed E-state index contributed by atoms with van der Waals surface area (Å²) < 4.78 is 5.13. The SMILES string of the molecule is C[C@@H](OC(=O)C1CC1)C(=O)Nc1ccc2c(c1)C(=O)c1ccccc1C2=O. The first-order valence-electron chi connectivity index (χ1n) is 8.79. The predicted octanol–water partition coefficient (Wildman–Crippen LogP) is 2.74. The van der Waals surface area contributed by atoms with Crippen LogP contribution in [0.15, 0.2) is 42.5 Å². The Hall–Kier alpha value is -3.28. The summed E-state index contributed by atoms with van der Waals surface area (Å²) in [4.78, 5) is 49.2. The zero-order valence-electron chi connectivity index (χ0n) is 14.7. The average Bonchev–Trinajstić information content (AvgIpc) is 3.51. The van der Waals surface area contributed by atoms with Crippen molar-refractivity contribution in [2.75, 3.05) is 5.32 Å². The molecule has 0 heterocycles. The third-order valence-electron chi connectivity index (χ3n) is 4.77. The van der Waals surface area contributed by atoms with Crippen LogP contribution in [0.3, 0.4) is 0 Å². The predicted molar refractivity (Wildman–Crippen MR) is 96.7 cm³/mol. The van der Waals surface area contributed by atoms with Crippen molar-refractivity contribution in [1.82, 2.24) is 0 Å². The van der Waals surface area contributed by atoms with E-state index in [0.29, 0.717) is 22.4 Å². The van der Waals surface area contributed by atoms with E-state index < -0.39 is 12.0 Å². The smallest absolute Gasteiger partial charge is 0.309 e. The van der Waals surface area contributed by atoms with Crippen molar-refractivity contribution in [3.8, 4) is 0 Å². The number of fused-ring (bicyclic) bond motifs is 2. The Labute approximate surface area is 155 Å². The van der Waals surface area contributed by atoms with E-state index in [0.717, 1.165) is 12.8 Å². The van der Waals surface area contributed by atoms with Crippen LogP contribution in [0.5, 0.6) is 0 Å². The number of hydrogen-bond acceptors (Lipinski definition) is 5. The Morgan fingerprint density at radius 1 is 0.963 bits per heavy atom. The Morgan fingerprint density at radius 3 is 2.19 bits per heavy atom. The van der Waals surface area contributed by atoms with Gasteiger partial charge in [-0.15, -0.1) is 0 Å². The van der Waals surface area contributed by atoms with Crippen molar-refractivity contribution in [3.63, 3.8) is 0 Å². The van der Waals surface area contributed by atoms with Gasteiger partial charge in [-0.05, 0) is 38.0 Å². The first-order chi connectivity index (χ1) is 13.0. The molecule has 1 atom stereocenters. The molecule has 0 unspecified atom stereocenters. The van der Waals surface area contributed by atoms with Gasteiger partial charge in [-0.1, -0.05) is 24.3 Å². The van der Waals surface area contributed by atoms with Crippen LogP contribution in [0.4, 0.5) is 5.69 Å². The minimum Gasteiger partial charge on any atom is -0.452 e. The van der Waals surface area contributed by atoms with Gasteiger partial charge in [0.1, 0.15) is 0 Å². The zero-order valence-corrected chi connectivity index (χ0v) is 14.7. The normalized spacial score (nSPS) is 16.2. The maximum Gasteiger partial charge on any atom is 0.309 e. The Bertz CT molecular complexity index is 990. The summed E-state index contributed by atoms with van der Waals surface area (Å²) >= 11 is 0. The second-order valence-corrected chi connectivity index (χ2v) is 6.81. The molecule has 1 amide bonds. The van der Waals surface area contributed by atoms with E-state index in [9.17, 15) is 19.2 Å². The number of carbonyl (C=O) groups excluding carboxylic acids is 4. The number of ether oxygens (including phenoxy) is 1. The largest absolute Gasteiger partial charge is 0.452 e. The van der Waals surface area contributed by atoms with E-state index in [4.69, 9.17) is 4.74 Å². The Kier molecular flexibility index (Phi) is 4.11. The van der Waals surface area contributed by atoms with Crippen LogP contribution in [0.25, 0.3) is 0 Å². The first-order valence-corrected chi connectivity index (χ1v) is 8.79. The number of anilines is 1. The van der Waals surface area contributed by atoms with Gasteiger partial charge in [0.15, 0.2) is 17.7 Å². The summed E-state index contributed by atoms with van der Waals surface area (Å²) in [6, 6.07) is 11.2. The van der Waals surface area contributed by atoms with Gasteiger partial charge in [0.2, 0.25) is 0 Å². The number of carbonyl (C=O) groups is 4. The molecule has 6 heteroatoms. The lowest BCUT2D eigenvalue weighted by atomic mass is 9.84. The van der Waals surface area contributed by atoms with E-state index in [1.54, 1.807) is 30.3 Å². The molecule has 2 aromatic carbocycles. The minimum absolute atomic E-state index is 0.0901. The fourth-order valence-corrected chi connectivity index (χ4v) is 3.06. The van der Waals surface area contributed by atoms with Crippen molar-refractivity contribution in [3.05, 3.63) is 64.7 Å². The topological polar surface area (TPSA) is 89.5 Å². The molecule has 2 aliphatic rings. The fourth-order valence-electron chi connectivity index (χ4n) is 3.06. The number of rotatable bonds is 4. The molecule has 1 N–H and O–H groups in total. The highest BCUT2D eigenvalue weighted by atomic mass is 16.5. The van der Waals surface area contributed by atoms with Gasteiger partial charge in [-0.25, -0.2) is 0 Å². The third kappa shape index (κ3) is 3.14. The van der Waals surface area contributed by atoms with Crippen LogP contribution < -0.4 is 5.32 Å². The quantitative estimate of drug-likeness (QED) is 0.720. The molecule has 2 aromatic rings. The van der Waals surface area contributed by atoms with Crippen LogP contribution in [-0.2, 0) is 14.3 Å². The van der Waals surface area contributed by atoms with Crippen LogP contribution in [0.2, 0.25) is 0 Å². The van der Waals surface area contributed by atoms with Crippen LogP contribution in [0.1, 0.15) is 51.6 Å². The number of amides is 1. The Morgan fingerprint density at radius 2 is 1.56 bits per heavy atom. The van der Waals surface area contributed by atoms with Crippen molar-refractivity contribution < 1.29 is 23.9 Å². The zero-order chi connectivity index (χ0) is 19.1. The molecular formula is C21H17NO5. The molecule has 0 radical (unpaired) electrons. The van der Waals surface area contributed by atoms with Gasteiger partial charge < -0.3 is 10.1 Å². The highest BCUT2D eigenvalue weighted by molar-refractivity contribution is 6.28. The van der Waals surface area contributed by atoms with Gasteiger partial charge in [-0.3, -0.25) is 19.2 Å². The van der Waals surface area contributed by atoms with Gasteiger partial charge in [0, 0.05) is 27.9 Å². The lowest BCUT2D eigenvalue weighted by molar-refractivity contribution is -0.154. The maximum atomic E-state index is 12.7. The lowest BCUT2D eigenvalue weighted by Gasteiger charge is -2.19. The van der Waals surface area contributed by atoms with E-state index >= 15 is 0 Å². The molecule has 0 aromatic heterocycles. The second kappa shape index (κ2) is 6.46. The summed E-state index contributed by atoms with van der Waals surface area (Å²) in [5.74, 6) is -1.42. The highest BCUT2D eigenvalue weighted by Crippen LogP contribution is 2.31. The summed E-state index contributed by atoms with van der Waals surface area (Å²) in [5.41, 5.74) is 1.66. The molecule has 4 rings (SSSR count). The van der Waals surface area contributed by atoms with Gasteiger partial charge in [0.05, 0.1) is 5.92 Å². The summed E-state index contributed by atoms with van der Waals surface area (Å²) in [7, 11) is 0. The molecule has 136 valence electrons. The van der Waals surface area contributed by atoms with Crippen LogP contribution in [0, 0.1) is 5.92 Å². The van der Waals surface area contributed by atoms with Crippen LogP contribution in [-0.4, -0.2) is 29.5 Å². The summed E-state index contributed by atoms with van der Waals surface area (Å²) in [6.45, 7) is 1.50. The second-order valence-electron chi connectivity index (χ2n) is 6.81. The fraction of sp³-hybridized carbons (Fsp3) is 0.238. The van der Waals surface area contributed by atoms with Crippen molar-refractivity contribution >= 4 is 29.1 Å². The van der Waals surface area contributed by atoms with E-state index in [-0.39, 0.29) is 29.0 Å². The van der Waals surface area contributed by atoms with Crippen molar-refractivity contribution in [2.45, 2.75) is 25.9 Å². The molecule has 6 nitrogen and oxygen atoms in total. The molecular weight excluding hydrogens is 346 g/mol. The lowest BCUT2D eigenvalue weighted by Crippen LogP contribution is -2.30. The molecule has 1 fully saturated rings. The van der Waals surface area contributed by atoms with E-state index in [1.165, 1.54) is 19.1 Å². The van der Waals surface area contributed by atoms with Gasteiger partial charge in [-0.2, -0.15) is 0 Å². The highest BCUT2D eigenvalue weighted by Gasteiger charge is 2.34. The van der Waals surface area contributed by atoms with Crippen LogP contribution >= 0.6 is 0 Å². The van der Waals surface area contributed by atoms with Crippen molar-refractivity contribution in [1.29, 1.82) is 0 Å². The maximum absolute atomic E-state index is 12.7.